The van der Waals surface area contributed by atoms with Gasteiger partial charge in [-0.3, -0.25) is 4.90 Å². The van der Waals surface area contributed by atoms with Gasteiger partial charge in [-0.15, -0.1) is 0 Å². The Morgan fingerprint density at radius 2 is 1.95 bits per heavy atom. The number of rotatable bonds is 4. The number of nitrogen functional groups attached to an aromatic ring is 1. The van der Waals surface area contributed by atoms with Crippen LogP contribution in [0.5, 0.6) is 5.75 Å². The van der Waals surface area contributed by atoms with Gasteiger partial charge in [0.05, 0.1) is 0 Å². The summed E-state index contributed by atoms with van der Waals surface area (Å²) in [5.41, 5.74) is 7.10. The maximum Gasteiger partial charge on any atom is 0.149 e. The third kappa shape index (κ3) is 3.34. The lowest BCUT2D eigenvalue weighted by Crippen LogP contribution is -2.24. The normalized spacial score (nSPS) is 18.8. The van der Waals surface area contributed by atoms with Crippen molar-refractivity contribution in [3.8, 4) is 5.75 Å². The molecule has 0 spiro atoms. The zero-order valence-electron chi connectivity index (χ0n) is 11.8. The van der Waals surface area contributed by atoms with Gasteiger partial charge < -0.3 is 10.5 Å². The zero-order valence-corrected chi connectivity index (χ0v) is 11.8. The number of nitrogens with two attached hydrogens (primary N) is 1. The molecule has 3 rings (SSSR count). The van der Waals surface area contributed by atoms with E-state index >= 15 is 0 Å². The quantitative estimate of drug-likeness (QED) is 0.878. The van der Waals surface area contributed by atoms with E-state index < -0.39 is 5.82 Å². The summed E-state index contributed by atoms with van der Waals surface area (Å²) in [5.74, 6) is 0.0215. The molecule has 1 atom stereocenters. The Kier molecular flexibility index (Phi) is 4.06. The van der Waals surface area contributed by atoms with Gasteiger partial charge in [0.2, 0.25) is 0 Å². The fraction of sp³-hybridized carbons (Fsp3) is 0.294. The maximum absolute atomic E-state index is 13.4. The van der Waals surface area contributed by atoms with E-state index in [-0.39, 0.29) is 11.8 Å². The number of halogens is 1. The molecule has 2 N–H and O–H groups in total. The van der Waals surface area contributed by atoms with E-state index in [0.717, 1.165) is 26.1 Å². The first-order valence-corrected chi connectivity index (χ1v) is 7.19. The molecule has 1 heterocycles. The Bertz CT molecular complexity index is 603. The van der Waals surface area contributed by atoms with Crippen LogP contribution in [0, 0.1) is 5.82 Å². The van der Waals surface area contributed by atoms with Crippen LogP contribution >= 0.6 is 0 Å². The fourth-order valence-electron chi connectivity index (χ4n) is 2.68. The van der Waals surface area contributed by atoms with Gasteiger partial charge in [0.15, 0.2) is 0 Å². The molecule has 110 valence electrons. The number of ether oxygens (including phenoxy) is 1. The maximum atomic E-state index is 13.4. The molecule has 0 aliphatic carbocycles. The summed E-state index contributed by atoms with van der Waals surface area (Å²) in [5, 5.41) is 0. The summed E-state index contributed by atoms with van der Waals surface area (Å²) in [6.07, 6.45) is 1.00. The van der Waals surface area contributed by atoms with Crippen molar-refractivity contribution in [1.29, 1.82) is 0 Å². The highest BCUT2D eigenvalue weighted by molar-refractivity contribution is 5.53. The van der Waals surface area contributed by atoms with Crippen LogP contribution in [0.1, 0.15) is 12.0 Å². The number of anilines is 1. The van der Waals surface area contributed by atoms with Crippen LogP contribution in [0.25, 0.3) is 0 Å². The molecule has 0 bridgehead atoms. The lowest BCUT2D eigenvalue weighted by Gasteiger charge is -2.18. The number of para-hydroxylation sites is 1. The first-order valence-electron chi connectivity index (χ1n) is 7.19. The third-order valence-electron chi connectivity index (χ3n) is 3.78. The molecular weight excluding hydrogens is 267 g/mol. The highest BCUT2D eigenvalue weighted by Gasteiger charge is 2.24. The highest BCUT2D eigenvalue weighted by Crippen LogP contribution is 2.27. The zero-order chi connectivity index (χ0) is 14.7. The number of hydrogen-bond acceptors (Lipinski definition) is 3. The van der Waals surface area contributed by atoms with Gasteiger partial charge in [0.25, 0.3) is 0 Å². The smallest absolute Gasteiger partial charge is 0.149 e. The largest absolute Gasteiger partial charge is 0.487 e. The van der Waals surface area contributed by atoms with Crippen molar-refractivity contribution in [3.63, 3.8) is 0 Å². The van der Waals surface area contributed by atoms with Crippen LogP contribution < -0.4 is 10.5 Å². The summed E-state index contributed by atoms with van der Waals surface area (Å²) in [7, 11) is 0. The SMILES string of the molecule is Nc1c(F)cccc1OC1CCN(Cc2ccccc2)C1. The highest BCUT2D eigenvalue weighted by atomic mass is 19.1. The number of hydrogen-bond donors (Lipinski definition) is 1. The molecule has 1 aliphatic rings. The topological polar surface area (TPSA) is 38.5 Å². The third-order valence-corrected chi connectivity index (χ3v) is 3.78. The molecule has 0 radical (unpaired) electrons. The van der Waals surface area contributed by atoms with Gasteiger partial charge >= 0.3 is 0 Å². The van der Waals surface area contributed by atoms with Crippen molar-refractivity contribution in [3.05, 3.63) is 59.9 Å². The Hall–Kier alpha value is -2.07. The molecule has 4 heteroatoms. The second-order valence-electron chi connectivity index (χ2n) is 5.40. The monoisotopic (exact) mass is 286 g/mol. The molecule has 1 unspecified atom stereocenters. The van der Waals surface area contributed by atoms with Crippen molar-refractivity contribution >= 4 is 5.69 Å². The van der Waals surface area contributed by atoms with Gasteiger partial charge in [-0.05, 0) is 24.1 Å². The predicted octanol–water partition coefficient (Wildman–Crippen LogP) is 3.06. The summed E-state index contributed by atoms with van der Waals surface area (Å²) >= 11 is 0. The average molecular weight is 286 g/mol. The molecule has 21 heavy (non-hydrogen) atoms. The van der Waals surface area contributed by atoms with Crippen LogP contribution in [0.3, 0.4) is 0 Å². The Balaban J connectivity index is 1.59. The van der Waals surface area contributed by atoms with Gasteiger partial charge in [-0.2, -0.15) is 0 Å². The molecule has 0 aromatic heterocycles. The van der Waals surface area contributed by atoms with Crippen molar-refractivity contribution < 1.29 is 9.13 Å². The first-order chi connectivity index (χ1) is 10.2. The van der Waals surface area contributed by atoms with Crippen LogP contribution in [-0.4, -0.2) is 24.1 Å². The number of benzene rings is 2. The standard InChI is InChI=1S/C17H19FN2O/c18-15-7-4-8-16(17(15)19)21-14-9-10-20(12-14)11-13-5-2-1-3-6-13/h1-8,14H,9-12,19H2. The molecule has 2 aromatic carbocycles. The van der Waals surface area contributed by atoms with E-state index in [1.54, 1.807) is 12.1 Å². The average Bonchev–Trinajstić information content (AvgIpc) is 2.92. The van der Waals surface area contributed by atoms with Gasteiger partial charge in [0, 0.05) is 19.6 Å². The molecule has 1 fully saturated rings. The Morgan fingerprint density at radius 1 is 1.14 bits per heavy atom. The molecule has 1 saturated heterocycles. The molecule has 0 saturated carbocycles. The first kappa shape index (κ1) is 13.9. The second kappa shape index (κ2) is 6.14. The summed E-state index contributed by atoms with van der Waals surface area (Å²) in [4.78, 5) is 2.34. The van der Waals surface area contributed by atoms with Crippen molar-refractivity contribution in [1.82, 2.24) is 4.90 Å². The van der Waals surface area contributed by atoms with Crippen molar-refractivity contribution in [2.75, 3.05) is 18.8 Å². The summed E-state index contributed by atoms with van der Waals surface area (Å²) < 4.78 is 19.3. The van der Waals surface area contributed by atoms with Gasteiger partial charge in [0.1, 0.15) is 23.4 Å². The minimum Gasteiger partial charge on any atom is -0.487 e. The van der Waals surface area contributed by atoms with E-state index in [9.17, 15) is 4.39 Å². The lowest BCUT2D eigenvalue weighted by molar-refractivity contribution is 0.199. The van der Waals surface area contributed by atoms with Crippen LogP contribution in [-0.2, 0) is 6.54 Å². The number of likely N-dealkylation sites (tertiary alicyclic amines) is 1. The second-order valence-corrected chi connectivity index (χ2v) is 5.40. The van der Waals surface area contributed by atoms with E-state index in [0.29, 0.717) is 5.75 Å². The van der Waals surface area contributed by atoms with Crippen LogP contribution in [0.2, 0.25) is 0 Å². The van der Waals surface area contributed by atoms with Gasteiger partial charge in [-0.25, -0.2) is 4.39 Å². The Morgan fingerprint density at radius 3 is 2.76 bits per heavy atom. The Labute approximate surface area is 124 Å². The van der Waals surface area contributed by atoms with E-state index in [4.69, 9.17) is 10.5 Å². The van der Waals surface area contributed by atoms with E-state index in [1.807, 2.05) is 18.2 Å². The molecule has 3 nitrogen and oxygen atoms in total. The molecule has 2 aromatic rings. The minimum absolute atomic E-state index is 0.0674. The summed E-state index contributed by atoms with van der Waals surface area (Å²) in [6.45, 7) is 2.74. The van der Waals surface area contributed by atoms with Crippen LogP contribution in [0.4, 0.5) is 10.1 Å². The van der Waals surface area contributed by atoms with E-state index in [2.05, 4.69) is 17.0 Å². The van der Waals surface area contributed by atoms with Crippen molar-refractivity contribution in [2.24, 2.45) is 0 Å². The minimum atomic E-state index is -0.424. The molecular formula is C17H19FN2O. The predicted molar refractivity (Wildman–Crippen MR) is 81.6 cm³/mol. The van der Waals surface area contributed by atoms with Gasteiger partial charge in [-0.1, -0.05) is 36.4 Å². The van der Waals surface area contributed by atoms with Crippen LogP contribution in [0.15, 0.2) is 48.5 Å². The number of nitrogens with zero attached hydrogens (tertiary/aromatic N) is 1. The fourth-order valence-corrected chi connectivity index (χ4v) is 2.68. The molecule has 0 amide bonds. The summed E-state index contributed by atoms with van der Waals surface area (Å²) in [6, 6.07) is 15.1. The van der Waals surface area contributed by atoms with E-state index in [1.165, 1.54) is 11.6 Å². The molecule has 1 aliphatic heterocycles. The van der Waals surface area contributed by atoms with Crippen molar-refractivity contribution in [2.45, 2.75) is 19.1 Å². The lowest BCUT2D eigenvalue weighted by atomic mass is 10.2.